The highest BCUT2D eigenvalue weighted by atomic mass is 79.9. The first-order valence-electron chi connectivity index (χ1n) is 5.92. The van der Waals surface area contributed by atoms with E-state index in [4.69, 9.17) is 5.11 Å². The molecule has 0 aliphatic carbocycles. The normalized spacial score (nSPS) is 20.2. The average Bonchev–Trinajstić information content (AvgIpc) is 2.70. The number of hydrogen-bond donors (Lipinski definition) is 1. The van der Waals surface area contributed by atoms with E-state index in [0.29, 0.717) is 12.1 Å². The lowest BCUT2D eigenvalue weighted by Crippen LogP contribution is -2.21. The van der Waals surface area contributed by atoms with Gasteiger partial charge in [0.15, 0.2) is 0 Å². The maximum Gasteiger partial charge on any atom is 0.303 e. The number of benzene rings is 1. The fourth-order valence-corrected chi connectivity index (χ4v) is 2.78. The number of carboxylic acids is 1. The van der Waals surface area contributed by atoms with Crippen LogP contribution in [0.4, 0.5) is 4.39 Å². The Morgan fingerprint density at radius 3 is 3.06 bits per heavy atom. The van der Waals surface area contributed by atoms with E-state index >= 15 is 0 Å². The van der Waals surface area contributed by atoms with E-state index in [1.165, 1.54) is 6.07 Å². The van der Waals surface area contributed by atoms with Crippen molar-refractivity contribution in [1.82, 2.24) is 4.90 Å². The Hall–Kier alpha value is -0.940. The van der Waals surface area contributed by atoms with Gasteiger partial charge in [0, 0.05) is 29.5 Å². The fraction of sp³-hybridized carbons (Fsp3) is 0.462. The molecule has 1 aliphatic rings. The number of likely N-dealkylation sites (tertiary alicyclic amines) is 1. The maximum atomic E-state index is 13.6. The van der Waals surface area contributed by atoms with Crippen LogP contribution in [0.3, 0.4) is 0 Å². The summed E-state index contributed by atoms with van der Waals surface area (Å²) in [5, 5.41) is 8.75. The minimum Gasteiger partial charge on any atom is -0.481 e. The number of hydrogen-bond acceptors (Lipinski definition) is 2. The van der Waals surface area contributed by atoms with Gasteiger partial charge in [-0.15, -0.1) is 0 Å². The van der Waals surface area contributed by atoms with Crippen molar-refractivity contribution in [2.45, 2.75) is 19.4 Å². The number of carbonyl (C=O) groups is 1. The molecule has 1 unspecified atom stereocenters. The van der Waals surface area contributed by atoms with Crippen LogP contribution in [-0.4, -0.2) is 29.1 Å². The van der Waals surface area contributed by atoms with Gasteiger partial charge in [-0.1, -0.05) is 15.9 Å². The van der Waals surface area contributed by atoms with E-state index in [-0.39, 0.29) is 18.2 Å². The summed E-state index contributed by atoms with van der Waals surface area (Å²) in [6, 6.07) is 4.90. The Bertz CT molecular complexity index is 453. The van der Waals surface area contributed by atoms with Crippen molar-refractivity contribution >= 4 is 21.9 Å². The molecule has 0 spiro atoms. The molecule has 0 saturated carbocycles. The first-order valence-corrected chi connectivity index (χ1v) is 6.72. The summed E-state index contributed by atoms with van der Waals surface area (Å²) in [4.78, 5) is 12.7. The molecule has 0 amide bonds. The maximum absolute atomic E-state index is 13.6. The van der Waals surface area contributed by atoms with E-state index < -0.39 is 5.97 Å². The monoisotopic (exact) mass is 315 g/mol. The molecular formula is C13H15BrFNO2. The minimum absolute atomic E-state index is 0.192. The SMILES string of the molecule is O=C(O)CC1CCN(Cc2cc(Br)ccc2F)C1. The van der Waals surface area contributed by atoms with Crippen molar-refractivity contribution in [2.24, 2.45) is 5.92 Å². The molecule has 0 aromatic heterocycles. The fourth-order valence-electron chi connectivity index (χ4n) is 2.38. The largest absolute Gasteiger partial charge is 0.481 e. The molecule has 1 N–H and O–H groups in total. The number of nitrogens with zero attached hydrogens (tertiary/aromatic N) is 1. The molecule has 5 heteroatoms. The second-order valence-corrected chi connectivity index (χ2v) is 5.64. The number of aliphatic carboxylic acids is 1. The highest BCUT2D eigenvalue weighted by Gasteiger charge is 2.24. The Kier molecular flexibility index (Phi) is 4.35. The zero-order valence-electron chi connectivity index (χ0n) is 9.90. The van der Waals surface area contributed by atoms with Crippen molar-refractivity contribution in [3.8, 4) is 0 Å². The molecule has 1 aromatic rings. The lowest BCUT2D eigenvalue weighted by Gasteiger charge is -2.16. The van der Waals surface area contributed by atoms with Gasteiger partial charge in [-0.25, -0.2) is 4.39 Å². The summed E-state index contributed by atoms with van der Waals surface area (Å²) in [6.07, 6.45) is 1.08. The second kappa shape index (κ2) is 5.80. The van der Waals surface area contributed by atoms with Crippen molar-refractivity contribution in [3.05, 3.63) is 34.1 Å². The van der Waals surface area contributed by atoms with Gasteiger partial charge in [0.1, 0.15) is 5.82 Å². The number of halogens is 2. The summed E-state index contributed by atoms with van der Waals surface area (Å²) >= 11 is 3.33. The number of rotatable bonds is 4. The Morgan fingerprint density at radius 2 is 2.33 bits per heavy atom. The predicted octanol–water partition coefficient (Wildman–Crippen LogP) is 2.88. The van der Waals surface area contributed by atoms with Gasteiger partial charge < -0.3 is 5.11 Å². The molecule has 1 aromatic carbocycles. The summed E-state index contributed by atoms with van der Waals surface area (Å²) in [5.41, 5.74) is 0.653. The summed E-state index contributed by atoms with van der Waals surface area (Å²) in [5.74, 6) is -0.770. The first kappa shape index (κ1) is 13.5. The van der Waals surface area contributed by atoms with Crippen LogP contribution >= 0.6 is 15.9 Å². The van der Waals surface area contributed by atoms with Crippen LogP contribution < -0.4 is 0 Å². The van der Waals surface area contributed by atoms with Gasteiger partial charge >= 0.3 is 5.97 Å². The van der Waals surface area contributed by atoms with Gasteiger partial charge in [0.25, 0.3) is 0 Å². The van der Waals surface area contributed by atoms with Gasteiger partial charge in [0.2, 0.25) is 0 Å². The molecule has 1 saturated heterocycles. The van der Waals surface area contributed by atoms with Crippen molar-refractivity contribution in [3.63, 3.8) is 0 Å². The smallest absolute Gasteiger partial charge is 0.303 e. The summed E-state index contributed by atoms with van der Waals surface area (Å²) in [6.45, 7) is 2.11. The van der Waals surface area contributed by atoms with Gasteiger partial charge in [-0.2, -0.15) is 0 Å². The van der Waals surface area contributed by atoms with Crippen LogP contribution in [-0.2, 0) is 11.3 Å². The molecule has 0 bridgehead atoms. The Morgan fingerprint density at radius 1 is 1.56 bits per heavy atom. The molecule has 1 fully saturated rings. The van der Waals surface area contributed by atoms with Gasteiger partial charge in [-0.05, 0) is 37.1 Å². The molecule has 0 radical (unpaired) electrons. The highest BCUT2D eigenvalue weighted by Crippen LogP contribution is 2.23. The third-order valence-corrected chi connectivity index (χ3v) is 3.73. The third kappa shape index (κ3) is 3.53. The van der Waals surface area contributed by atoms with E-state index in [0.717, 1.165) is 24.0 Å². The molecule has 1 heterocycles. The Labute approximate surface area is 114 Å². The predicted molar refractivity (Wildman–Crippen MR) is 69.7 cm³/mol. The highest BCUT2D eigenvalue weighted by molar-refractivity contribution is 9.10. The van der Waals surface area contributed by atoms with Crippen molar-refractivity contribution in [1.29, 1.82) is 0 Å². The van der Waals surface area contributed by atoms with E-state index in [2.05, 4.69) is 20.8 Å². The molecule has 1 atom stereocenters. The topological polar surface area (TPSA) is 40.5 Å². The van der Waals surface area contributed by atoms with Crippen LogP contribution in [0.5, 0.6) is 0 Å². The first-order chi connectivity index (χ1) is 8.54. The molecule has 3 nitrogen and oxygen atoms in total. The quantitative estimate of drug-likeness (QED) is 0.928. The van der Waals surface area contributed by atoms with Crippen LogP contribution in [0, 0.1) is 11.7 Å². The van der Waals surface area contributed by atoms with Crippen LogP contribution in [0.1, 0.15) is 18.4 Å². The summed E-state index contributed by atoms with van der Waals surface area (Å²) in [7, 11) is 0. The second-order valence-electron chi connectivity index (χ2n) is 4.72. The Balaban J connectivity index is 1.95. The van der Waals surface area contributed by atoms with Crippen molar-refractivity contribution in [2.75, 3.05) is 13.1 Å². The van der Waals surface area contributed by atoms with E-state index in [1.54, 1.807) is 12.1 Å². The lowest BCUT2D eigenvalue weighted by molar-refractivity contribution is -0.138. The van der Waals surface area contributed by atoms with E-state index in [9.17, 15) is 9.18 Å². The standard InChI is InChI=1S/C13H15BrFNO2/c14-11-1-2-12(15)10(6-11)8-16-4-3-9(7-16)5-13(17)18/h1-2,6,9H,3-5,7-8H2,(H,17,18). The molecule has 98 valence electrons. The minimum atomic E-state index is -0.754. The van der Waals surface area contributed by atoms with Crippen LogP contribution in [0.15, 0.2) is 22.7 Å². The third-order valence-electron chi connectivity index (χ3n) is 3.23. The van der Waals surface area contributed by atoms with Crippen molar-refractivity contribution < 1.29 is 14.3 Å². The molecular weight excluding hydrogens is 301 g/mol. The van der Waals surface area contributed by atoms with Crippen LogP contribution in [0.2, 0.25) is 0 Å². The van der Waals surface area contributed by atoms with E-state index in [1.807, 2.05) is 0 Å². The molecule has 18 heavy (non-hydrogen) atoms. The number of carboxylic acid groups (broad SMARTS) is 1. The average molecular weight is 316 g/mol. The van der Waals surface area contributed by atoms with Crippen LogP contribution in [0.25, 0.3) is 0 Å². The lowest BCUT2D eigenvalue weighted by atomic mass is 10.1. The molecule has 2 rings (SSSR count). The zero-order valence-corrected chi connectivity index (χ0v) is 11.5. The summed E-state index contributed by atoms with van der Waals surface area (Å²) < 4.78 is 14.4. The molecule has 1 aliphatic heterocycles. The van der Waals surface area contributed by atoms with Gasteiger partial charge in [0.05, 0.1) is 0 Å². The van der Waals surface area contributed by atoms with Gasteiger partial charge in [-0.3, -0.25) is 9.69 Å². The zero-order chi connectivity index (χ0) is 13.1.